The Kier molecular flexibility index (Phi) is 6.41. The van der Waals surface area contributed by atoms with Gasteiger partial charge < -0.3 is 14.4 Å². The molecule has 1 amide bonds. The number of hydrogen-bond acceptors (Lipinski definition) is 6. The molecule has 2 saturated heterocycles. The zero-order valence-electron chi connectivity index (χ0n) is 20.5. The first-order valence-electron chi connectivity index (χ1n) is 13.8. The van der Waals surface area contributed by atoms with E-state index < -0.39 is 0 Å². The van der Waals surface area contributed by atoms with Crippen molar-refractivity contribution in [3.63, 3.8) is 0 Å². The van der Waals surface area contributed by atoms with E-state index in [0.717, 1.165) is 93.9 Å². The molecular weight excluding hydrogens is 426 g/mol. The molecule has 0 bridgehead atoms. The molecule has 0 unspecified atom stereocenters. The summed E-state index contributed by atoms with van der Waals surface area (Å²) in [5.74, 6) is 2.47. The van der Waals surface area contributed by atoms with Crippen molar-refractivity contribution < 1.29 is 4.79 Å². The first-order valence-corrected chi connectivity index (χ1v) is 13.8. The molecule has 0 radical (unpaired) electrons. The number of hydrogen-bond donors (Lipinski definition) is 0. The molecule has 3 fully saturated rings. The van der Waals surface area contributed by atoms with Gasteiger partial charge in [0.2, 0.25) is 5.91 Å². The molecule has 0 N–H and O–H groups in total. The van der Waals surface area contributed by atoms with Gasteiger partial charge in [-0.25, -0.2) is 15.0 Å². The molecule has 0 spiro atoms. The number of rotatable bonds is 3. The van der Waals surface area contributed by atoms with E-state index in [1.807, 2.05) is 0 Å². The number of anilines is 1. The molecule has 3 aliphatic heterocycles. The minimum atomic E-state index is 0.0560. The molecule has 8 nitrogen and oxygen atoms in total. The summed E-state index contributed by atoms with van der Waals surface area (Å²) >= 11 is 0. The summed E-state index contributed by atoms with van der Waals surface area (Å²) in [4.78, 5) is 34.9. The number of imidazole rings is 1. The van der Waals surface area contributed by atoms with Crippen molar-refractivity contribution in [1.29, 1.82) is 0 Å². The van der Waals surface area contributed by atoms with Gasteiger partial charge in [-0.05, 0) is 38.5 Å². The normalized spacial score (nSPS) is 25.4. The molecular formula is C26H39N7O. The number of fused-ring (bicyclic) bond motifs is 3. The second-order valence-corrected chi connectivity index (χ2v) is 10.8. The van der Waals surface area contributed by atoms with E-state index in [1.165, 1.54) is 51.4 Å². The van der Waals surface area contributed by atoms with Crippen molar-refractivity contribution in [2.24, 2.45) is 5.92 Å². The maximum atomic E-state index is 13.5. The fourth-order valence-electron chi connectivity index (χ4n) is 6.74. The van der Waals surface area contributed by atoms with E-state index in [9.17, 15) is 4.79 Å². The van der Waals surface area contributed by atoms with Crippen molar-refractivity contribution in [3.05, 3.63) is 12.2 Å². The zero-order valence-corrected chi connectivity index (χ0v) is 20.5. The van der Waals surface area contributed by atoms with Gasteiger partial charge in [-0.15, -0.1) is 0 Å². The third kappa shape index (κ3) is 4.30. The van der Waals surface area contributed by atoms with Crippen LogP contribution in [0.15, 0.2) is 6.33 Å². The molecule has 6 rings (SSSR count). The maximum absolute atomic E-state index is 13.5. The van der Waals surface area contributed by atoms with Gasteiger partial charge in [-0.1, -0.05) is 25.7 Å². The van der Waals surface area contributed by atoms with Crippen LogP contribution in [0.1, 0.15) is 70.0 Å². The minimum absolute atomic E-state index is 0.0560. The highest BCUT2D eigenvalue weighted by atomic mass is 16.2. The summed E-state index contributed by atoms with van der Waals surface area (Å²) < 4.78 is 2.30. The Bertz CT molecular complexity index is 1010. The van der Waals surface area contributed by atoms with Crippen LogP contribution in [0.2, 0.25) is 0 Å². The molecule has 1 saturated carbocycles. The van der Waals surface area contributed by atoms with E-state index in [2.05, 4.69) is 29.2 Å². The fraction of sp³-hybridized carbons (Fsp3) is 0.769. The molecule has 1 aliphatic carbocycles. The summed E-state index contributed by atoms with van der Waals surface area (Å²) in [6.45, 7) is 6.54. The minimum Gasteiger partial charge on any atom is -0.354 e. The second-order valence-electron chi connectivity index (χ2n) is 10.8. The van der Waals surface area contributed by atoms with E-state index in [-0.39, 0.29) is 5.92 Å². The summed E-state index contributed by atoms with van der Waals surface area (Å²) in [7, 11) is 0. The predicted molar refractivity (Wildman–Crippen MR) is 133 cm³/mol. The van der Waals surface area contributed by atoms with Gasteiger partial charge in [-0.2, -0.15) is 0 Å². The van der Waals surface area contributed by atoms with Gasteiger partial charge in [0.1, 0.15) is 12.2 Å². The average molecular weight is 466 g/mol. The van der Waals surface area contributed by atoms with Gasteiger partial charge >= 0.3 is 0 Å². The Hall–Kier alpha value is -2.22. The van der Waals surface area contributed by atoms with Crippen LogP contribution in [-0.2, 0) is 17.8 Å². The molecule has 4 aliphatic rings. The lowest BCUT2D eigenvalue weighted by Crippen LogP contribution is -2.54. The monoisotopic (exact) mass is 465 g/mol. The van der Waals surface area contributed by atoms with Crippen LogP contribution in [0.3, 0.4) is 0 Å². The molecule has 2 aromatic heterocycles. The van der Waals surface area contributed by atoms with Gasteiger partial charge in [0, 0.05) is 58.3 Å². The highest BCUT2D eigenvalue weighted by molar-refractivity contribution is 5.85. The van der Waals surface area contributed by atoms with Crippen LogP contribution in [-0.4, -0.2) is 80.5 Å². The van der Waals surface area contributed by atoms with Gasteiger partial charge in [0.25, 0.3) is 0 Å². The van der Waals surface area contributed by atoms with Gasteiger partial charge in [0.15, 0.2) is 17.0 Å². The van der Waals surface area contributed by atoms with Crippen LogP contribution in [0, 0.1) is 5.92 Å². The Morgan fingerprint density at radius 2 is 1.65 bits per heavy atom. The largest absolute Gasteiger partial charge is 0.354 e. The second kappa shape index (κ2) is 9.80. The van der Waals surface area contributed by atoms with Crippen LogP contribution < -0.4 is 4.90 Å². The third-order valence-electron chi connectivity index (χ3n) is 8.66. The van der Waals surface area contributed by atoms with Crippen molar-refractivity contribution in [3.8, 4) is 0 Å². The number of carbonyl (C=O) groups is 1. The molecule has 184 valence electrons. The van der Waals surface area contributed by atoms with Crippen molar-refractivity contribution in [2.75, 3.05) is 44.2 Å². The molecule has 2 aromatic rings. The van der Waals surface area contributed by atoms with Gasteiger partial charge in [0.05, 0.1) is 5.92 Å². The number of aryl methyl sites for hydroxylation is 2. The standard InChI is InChI=1S/C26H39N7O/c34-26(31-16-14-30(15-17-31)21-9-3-1-4-10-21)20-8-7-12-32(18-20)24-23-25(28-19-27-24)33-13-6-2-5-11-22(33)29-23/h19-21H,1-18H2/t20-/m0/s1. The van der Waals surface area contributed by atoms with Crippen molar-refractivity contribution in [1.82, 2.24) is 29.3 Å². The van der Waals surface area contributed by atoms with Crippen molar-refractivity contribution in [2.45, 2.75) is 83.2 Å². The van der Waals surface area contributed by atoms with Crippen LogP contribution in [0.25, 0.3) is 11.2 Å². The van der Waals surface area contributed by atoms with E-state index in [4.69, 9.17) is 4.98 Å². The number of piperazine rings is 1. The van der Waals surface area contributed by atoms with E-state index >= 15 is 0 Å². The number of piperidine rings is 1. The highest BCUT2D eigenvalue weighted by Gasteiger charge is 2.34. The molecule has 34 heavy (non-hydrogen) atoms. The lowest BCUT2D eigenvalue weighted by Gasteiger charge is -2.42. The highest BCUT2D eigenvalue weighted by Crippen LogP contribution is 2.30. The summed E-state index contributed by atoms with van der Waals surface area (Å²) in [6, 6.07) is 0.751. The number of aromatic nitrogens is 4. The Morgan fingerprint density at radius 3 is 2.50 bits per heavy atom. The fourth-order valence-corrected chi connectivity index (χ4v) is 6.74. The third-order valence-corrected chi connectivity index (χ3v) is 8.66. The Morgan fingerprint density at radius 1 is 0.824 bits per heavy atom. The zero-order chi connectivity index (χ0) is 22.9. The molecule has 0 aromatic carbocycles. The first kappa shape index (κ1) is 22.3. The molecule has 1 atom stereocenters. The summed E-state index contributed by atoms with van der Waals surface area (Å²) in [6.07, 6.45) is 15.2. The number of carbonyl (C=O) groups excluding carboxylic acids is 1. The first-order chi connectivity index (χ1) is 16.8. The van der Waals surface area contributed by atoms with Gasteiger partial charge in [-0.3, -0.25) is 9.69 Å². The SMILES string of the molecule is O=C([C@H]1CCCN(c2ncnc3c2nc2n3CCCCC2)C1)N1CCN(C2CCCCC2)CC1. The quantitative estimate of drug-likeness (QED) is 0.693. The van der Waals surface area contributed by atoms with Crippen LogP contribution in [0.4, 0.5) is 5.82 Å². The number of nitrogens with zero attached hydrogens (tertiary/aromatic N) is 7. The smallest absolute Gasteiger partial charge is 0.227 e. The Labute approximate surface area is 202 Å². The van der Waals surface area contributed by atoms with Crippen LogP contribution in [0.5, 0.6) is 0 Å². The maximum Gasteiger partial charge on any atom is 0.227 e. The summed E-state index contributed by atoms with van der Waals surface area (Å²) in [5, 5.41) is 0. The average Bonchev–Trinajstić information content (AvgIpc) is 3.09. The lowest BCUT2D eigenvalue weighted by molar-refractivity contribution is -0.138. The Balaban J connectivity index is 1.13. The van der Waals surface area contributed by atoms with Crippen LogP contribution >= 0.6 is 0 Å². The lowest BCUT2D eigenvalue weighted by atomic mass is 9.93. The topological polar surface area (TPSA) is 70.4 Å². The summed E-state index contributed by atoms with van der Waals surface area (Å²) in [5.41, 5.74) is 1.89. The van der Waals surface area contributed by atoms with E-state index in [0.29, 0.717) is 5.91 Å². The predicted octanol–water partition coefficient (Wildman–Crippen LogP) is 3.25. The molecule has 5 heterocycles. The molecule has 8 heteroatoms. The number of amides is 1. The van der Waals surface area contributed by atoms with Crippen molar-refractivity contribution >= 4 is 22.9 Å². The van der Waals surface area contributed by atoms with E-state index in [1.54, 1.807) is 6.33 Å².